The highest BCUT2D eigenvalue weighted by atomic mass is 16.5. The molecule has 0 radical (unpaired) electrons. The number of benzene rings is 1. The maximum atomic E-state index is 13.0. The Kier molecular flexibility index (Phi) is 10.1. The Morgan fingerprint density at radius 2 is 1.89 bits per heavy atom. The molecule has 0 aliphatic rings. The van der Waals surface area contributed by atoms with Gasteiger partial charge in [0.25, 0.3) is 17.4 Å². The standard InChI is InChI=1S/C22H24N6O3.C2H4O2/c1-2-31-22(20(29)26-13-15-7-9-16(10-8-15)19(23)24)28-12-4-6-18(21(28)30)27-17-5-3-11-25-14-17;1-2(3)4/h3-12,14,22,27H,2,13H2,1H3,(H3,23,24)(H,26,29);1H3,(H,3,4). The van der Waals surface area contributed by atoms with Gasteiger partial charge in [-0.05, 0) is 36.8 Å². The van der Waals surface area contributed by atoms with Crippen LogP contribution in [0.1, 0.15) is 31.2 Å². The molecule has 1 atom stereocenters. The number of ether oxygens (including phenoxy) is 1. The molecule has 1 amide bonds. The molecule has 3 aromatic rings. The minimum Gasteiger partial charge on any atom is -0.481 e. The van der Waals surface area contributed by atoms with Crippen LogP contribution in [-0.4, -0.2) is 39.0 Å². The summed E-state index contributed by atoms with van der Waals surface area (Å²) in [5, 5.41) is 20.6. The maximum Gasteiger partial charge on any atom is 0.300 e. The minimum absolute atomic E-state index is 0.0221. The average molecular weight is 481 g/mol. The van der Waals surface area contributed by atoms with Crippen LogP contribution in [0.25, 0.3) is 0 Å². The predicted molar refractivity (Wildman–Crippen MR) is 131 cm³/mol. The number of anilines is 2. The zero-order valence-corrected chi connectivity index (χ0v) is 19.4. The molecular weight excluding hydrogens is 452 g/mol. The van der Waals surface area contributed by atoms with Crippen molar-refractivity contribution >= 4 is 29.1 Å². The van der Waals surface area contributed by atoms with E-state index in [0.29, 0.717) is 16.9 Å². The van der Waals surface area contributed by atoms with E-state index in [1.165, 1.54) is 10.8 Å². The topological polar surface area (TPSA) is 172 Å². The van der Waals surface area contributed by atoms with E-state index in [-0.39, 0.29) is 19.0 Å². The molecule has 1 unspecified atom stereocenters. The molecule has 184 valence electrons. The summed E-state index contributed by atoms with van der Waals surface area (Å²) in [5.74, 6) is -1.30. The Morgan fingerprint density at radius 1 is 1.20 bits per heavy atom. The third kappa shape index (κ3) is 8.41. The molecule has 0 fully saturated rings. The molecule has 2 heterocycles. The molecule has 0 saturated carbocycles. The largest absolute Gasteiger partial charge is 0.481 e. The lowest BCUT2D eigenvalue weighted by molar-refractivity contribution is -0.139. The Bertz CT molecular complexity index is 1190. The molecule has 2 aromatic heterocycles. The number of amidine groups is 1. The van der Waals surface area contributed by atoms with Crippen LogP contribution in [-0.2, 0) is 20.9 Å². The first kappa shape index (κ1) is 26.7. The first-order chi connectivity index (χ1) is 16.7. The van der Waals surface area contributed by atoms with E-state index < -0.39 is 23.7 Å². The summed E-state index contributed by atoms with van der Waals surface area (Å²) < 4.78 is 6.83. The van der Waals surface area contributed by atoms with Crippen LogP contribution in [0.5, 0.6) is 0 Å². The fourth-order valence-electron chi connectivity index (χ4n) is 2.90. The van der Waals surface area contributed by atoms with Gasteiger partial charge in [0, 0.05) is 38.0 Å². The Morgan fingerprint density at radius 3 is 2.46 bits per heavy atom. The second-order valence-corrected chi connectivity index (χ2v) is 7.16. The van der Waals surface area contributed by atoms with Crippen molar-refractivity contribution in [3.8, 4) is 0 Å². The number of pyridine rings is 2. The number of carboxylic acids is 1. The predicted octanol–water partition coefficient (Wildman–Crippen LogP) is 2.21. The molecule has 11 nitrogen and oxygen atoms in total. The SMILES string of the molecule is CC(=O)O.CCOC(C(=O)NCc1ccc(C(=N)N)cc1)n1cccc(Nc2cccnc2)c1=O. The summed E-state index contributed by atoms with van der Waals surface area (Å²) in [5.41, 5.74) is 7.44. The Labute approximate surface area is 202 Å². The van der Waals surface area contributed by atoms with Gasteiger partial charge < -0.3 is 26.2 Å². The molecule has 0 saturated heterocycles. The second kappa shape index (κ2) is 13.3. The summed E-state index contributed by atoms with van der Waals surface area (Å²) in [6.45, 7) is 3.32. The van der Waals surface area contributed by atoms with Crippen LogP contribution in [0, 0.1) is 5.41 Å². The number of nitrogen functional groups attached to an aromatic ring is 1. The summed E-state index contributed by atoms with van der Waals surface area (Å²) in [6, 6.07) is 13.8. The normalized spacial score (nSPS) is 10.9. The van der Waals surface area contributed by atoms with E-state index >= 15 is 0 Å². The third-order valence-corrected chi connectivity index (χ3v) is 4.45. The number of carboxylic acid groups (broad SMARTS) is 1. The monoisotopic (exact) mass is 480 g/mol. The molecule has 11 heteroatoms. The second-order valence-electron chi connectivity index (χ2n) is 7.16. The zero-order chi connectivity index (χ0) is 25.8. The number of hydrogen-bond acceptors (Lipinski definition) is 7. The number of hydrogen-bond donors (Lipinski definition) is 5. The fourth-order valence-corrected chi connectivity index (χ4v) is 2.90. The summed E-state index contributed by atoms with van der Waals surface area (Å²) in [7, 11) is 0. The maximum absolute atomic E-state index is 13.0. The van der Waals surface area contributed by atoms with E-state index in [1.807, 2.05) is 0 Å². The molecule has 3 rings (SSSR count). The van der Waals surface area contributed by atoms with Gasteiger partial charge in [0.2, 0.25) is 6.23 Å². The van der Waals surface area contributed by atoms with E-state index in [1.54, 1.807) is 67.8 Å². The van der Waals surface area contributed by atoms with Crippen molar-refractivity contribution < 1.29 is 19.4 Å². The molecule has 6 N–H and O–H groups in total. The Balaban J connectivity index is 0.00000100. The molecule has 0 aliphatic carbocycles. The zero-order valence-electron chi connectivity index (χ0n) is 19.4. The molecule has 0 spiro atoms. The van der Waals surface area contributed by atoms with Crippen molar-refractivity contribution in [2.75, 3.05) is 11.9 Å². The van der Waals surface area contributed by atoms with Crippen LogP contribution in [0.15, 0.2) is 71.9 Å². The lowest BCUT2D eigenvalue weighted by Gasteiger charge is -2.20. The lowest BCUT2D eigenvalue weighted by atomic mass is 10.1. The van der Waals surface area contributed by atoms with Crippen LogP contribution in [0.4, 0.5) is 11.4 Å². The van der Waals surface area contributed by atoms with Crippen molar-refractivity contribution in [2.45, 2.75) is 26.6 Å². The van der Waals surface area contributed by atoms with Crippen molar-refractivity contribution in [2.24, 2.45) is 5.73 Å². The average Bonchev–Trinajstić information content (AvgIpc) is 2.83. The molecule has 0 bridgehead atoms. The van der Waals surface area contributed by atoms with Crippen molar-refractivity contribution in [3.63, 3.8) is 0 Å². The number of rotatable bonds is 9. The van der Waals surface area contributed by atoms with Crippen LogP contribution < -0.4 is 21.9 Å². The molecule has 0 aliphatic heterocycles. The number of nitrogens with one attached hydrogen (secondary N) is 3. The van der Waals surface area contributed by atoms with Crippen LogP contribution in [0.3, 0.4) is 0 Å². The highest BCUT2D eigenvalue weighted by Gasteiger charge is 2.22. The van der Waals surface area contributed by atoms with Gasteiger partial charge in [-0.3, -0.25) is 29.3 Å². The number of nitrogens with zero attached hydrogens (tertiary/aromatic N) is 2. The van der Waals surface area contributed by atoms with Gasteiger partial charge in [-0.2, -0.15) is 0 Å². The third-order valence-electron chi connectivity index (χ3n) is 4.45. The quantitative estimate of drug-likeness (QED) is 0.229. The van der Waals surface area contributed by atoms with Crippen molar-refractivity contribution in [1.82, 2.24) is 14.9 Å². The number of nitrogens with two attached hydrogens (primary N) is 1. The van der Waals surface area contributed by atoms with Crippen molar-refractivity contribution in [1.29, 1.82) is 5.41 Å². The van der Waals surface area contributed by atoms with E-state index in [2.05, 4.69) is 15.6 Å². The van der Waals surface area contributed by atoms with Gasteiger partial charge in [-0.15, -0.1) is 0 Å². The molecular formula is C24H28N6O5. The smallest absolute Gasteiger partial charge is 0.300 e. The van der Waals surface area contributed by atoms with Crippen LogP contribution >= 0.6 is 0 Å². The molecule has 1 aromatic carbocycles. The number of aromatic nitrogens is 2. The van der Waals surface area contributed by atoms with Gasteiger partial charge in [-0.1, -0.05) is 24.3 Å². The number of aliphatic carboxylic acids is 1. The van der Waals surface area contributed by atoms with Crippen LogP contribution in [0.2, 0.25) is 0 Å². The lowest BCUT2D eigenvalue weighted by Crippen LogP contribution is -2.38. The number of carbonyl (C=O) groups excluding carboxylic acids is 1. The fraction of sp³-hybridized carbons (Fsp3) is 0.208. The van der Waals surface area contributed by atoms with Gasteiger partial charge >= 0.3 is 0 Å². The first-order valence-electron chi connectivity index (χ1n) is 10.6. The van der Waals surface area contributed by atoms with E-state index in [0.717, 1.165) is 12.5 Å². The highest BCUT2D eigenvalue weighted by Crippen LogP contribution is 2.14. The van der Waals surface area contributed by atoms with E-state index in [4.69, 9.17) is 25.8 Å². The number of amides is 1. The minimum atomic E-state index is -1.12. The summed E-state index contributed by atoms with van der Waals surface area (Å²) >= 11 is 0. The molecule has 35 heavy (non-hydrogen) atoms. The van der Waals surface area contributed by atoms with Gasteiger partial charge in [0.05, 0.1) is 11.9 Å². The first-order valence-corrected chi connectivity index (χ1v) is 10.6. The van der Waals surface area contributed by atoms with Gasteiger partial charge in [-0.25, -0.2) is 0 Å². The van der Waals surface area contributed by atoms with Gasteiger partial charge in [0.15, 0.2) is 0 Å². The van der Waals surface area contributed by atoms with E-state index in [9.17, 15) is 9.59 Å². The van der Waals surface area contributed by atoms with Crippen molar-refractivity contribution in [3.05, 3.63) is 88.6 Å². The highest BCUT2D eigenvalue weighted by molar-refractivity contribution is 5.94. The summed E-state index contributed by atoms with van der Waals surface area (Å²) in [6.07, 6.45) is 3.63. The Hall–Kier alpha value is -4.51. The van der Waals surface area contributed by atoms with Gasteiger partial charge in [0.1, 0.15) is 11.5 Å². The number of carbonyl (C=O) groups is 2. The summed E-state index contributed by atoms with van der Waals surface area (Å²) in [4.78, 5) is 38.8.